The maximum Gasteiger partial charge on any atom is 0.315 e. The van der Waals surface area contributed by atoms with E-state index in [2.05, 4.69) is 16.0 Å². The molecule has 6 nitrogen and oxygen atoms in total. The first-order valence-corrected chi connectivity index (χ1v) is 7.54. The van der Waals surface area contributed by atoms with Crippen LogP contribution >= 0.6 is 0 Å². The summed E-state index contributed by atoms with van der Waals surface area (Å²) in [6.45, 7) is 1.88. The molecule has 22 heavy (non-hydrogen) atoms. The molecular weight excluding hydrogens is 282 g/mol. The lowest BCUT2D eigenvalue weighted by atomic mass is 9.97. The second kappa shape index (κ2) is 8.29. The first-order valence-electron chi connectivity index (χ1n) is 7.54. The predicted molar refractivity (Wildman–Crippen MR) is 81.9 cm³/mol. The molecule has 3 N–H and O–H groups in total. The minimum atomic E-state index is -0.878. The van der Waals surface area contributed by atoms with Crippen LogP contribution in [0.3, 0.4) is 0 Å². The van der Waals surface area contributed by atoms with Gasteiger partial charge in [-0.2, -0.15) is 0 Å². The molecule has 1 aliphatic heterocycles. The predicted octanol–water partition coefficient (Wildman–Crippen LogP) is -0.0123. The number of piperidine rings is 1. The van der Waals surface area contributed by atoms with Gasteiger partial charge in [0.15, 0.2) is 0 Å². The smallest absolute Gasteiger partial charge is 0.315 e. The Bertz CT molecular complexity index is 525. The van der Waals surface area contributed by atoms with Gasteiger partial charge in [0.25, 0.3) is 0 Å². The Kier molecular flexibility index (Phi) is 6.09. The Hall–Kier alpha value is -2.21. The molecule has 0 saturated carbocycles. The largest absolute Gasteiger partial charge is 0.347 e. The van der Waals surface area contributed by atoms with Crippen molar-refractivity contribution in [3.05, 3.63) is 35.9 Å². The molecular formula is C16H21N3O3. The summed E-state index contributed by atoms with van der Waals surface area (Å²) >= 11 is 0. The first kappa shape index (κ1) is 16.2. The van der Waals surface area contributed by atoms with Gasteiger partial charge in [-0.3, -0.25) is 19.7 Å². The van der Waals surface area contributed by atoms with Crippen molar-refractivity contribution < 1.29 is 14.4 Å². The first-order chi connectivity index (χ1) is 10.7. The van der Waals surface area contributed by atoms with Crippen molar-refractivity contribution in [2.24, 2.45) is 5.92 Å². The van der Waals surface area contributed by atoms with Gasteiger partial charge in [0.2, 0.25) is 5.91 Å². The average molecular weight is 303 g/mol. The van der Waals surface area contributed by atoms with Gasteiger partial charge in [-0.05, 0) is 37.9 Å². The van der Waals surface area contributed by atoms with E-state index in [4.69, 9.17) is 0 Å². The molecule has 2 rings (SSSR count). The third-order valence-corrected chi connectivity index (χ3v) is 3.69. The van der Waals surface area contributed by atoms with Gasteiger partial charge >= 0.3 is 11.8 Å². The summed E-state index contributed by atoms with van der Waals surface area (Å²) in [6, 6.07) is 9.66. The highest BCUT2D eigenvalue weighted by atomic mass is 16.2. The Morgan fingerprint density at radius 3 is 2.41 bits per heavy atom. The summed E-state index contributed by atoms with van der Waals surface area (Å²) in [7, 11) is 0. The van der Waals surface area contributed by atoms with E-state index in [-0.39, 0.29) is 11.8 Å². The van der Waals surface area contributed by atoms with E-state index in [1.54, 1.807) is 0 Å². The zero-order valence-corrected chi connectivity index (χ0v) is 12.4. The van der Waals surface area contributed by atoms with Gasteiger partial charge in [-0.1, -0.05) is 30.3 Å². The molecule has 0 unspecified atom stereocenters. The Labute approximate surface area is 129 Å². The van der Waals surface area contributed by atoms with Gasteiger partial charge in [0.05, 0.1) is 0 Å². The maximum atomic E-state index is 11.9. The van der Waals surface area contributed by atoms with E-state index in [0.29, 0.717) is 25.8 Å². The van der Waals surface area contributed by atoms with E-state index in [1.807, 2.05) is 30.3 Å². The van der Waals surface area contributed by atoms with Gasteiger partial charge < -0.3 is 10.6 Å². The number of nitrogens with one attached hydrogen (secondary N) is 3. The molecule has 0 atom stereocenters. The van der Waals surface area contributed by atoms with Crippen LogP contribution in [0.2, 0.25) is 0 Å². The third kappa shape index (κ3) is 4.96. The number of hydrogen-bond donors (Lipinski definition) is 3. The van der Waals surface area contributed by atoms with Crippen molar-refractivity contribution >= 4 is 17.7 Å². The second-order valence-corrected chi connectivity index (χ2v) is 5.33. The monoisotopic (exact) mass is 303 g/mol. The van der Waals surface area contributed by atoms with Crippen molar-refractivity contribution in [3.63, 3.8) is 0 Å². The summed E-state index contributed by atoms with van der Waals surface area (Å²) in [5, 5.41) is 7.85. The van der Waals surface area contributed by atoms with Crippen LogP contribution in [0.5, 0.6) is 0 Å². The van der Waals surface area contributed by atoms with Crippen LogP contribution in [0.25, 0.3) is 0 Å². The van der Waals surface area contributed by atoms with Crippen molar-refractivity contribution in [2.75, 3.05) is 19.6 Å². The third-order valence-electron chi connectivity index (χ3n) is 3.69. The van der Waals surface area contributed by atoms with Crippen molar-refractivity contribution in [1.82, 2.24) is 16.0 Å². The lowest BCUT2D eigenvalue weighted by molar-refractivity contribution is -0.143. The van der Waals surface area contributed by atoms with Gasteiger partial charge in [0.1, 0.15) is 0 Å². The van der Waals surface area contributed by atoms with Gasteiger partial charge in [0, 0.05) is 12.5 Å². The molecule has 0 aromatic heterocycles. The van der Waals surface area contributed by atoms with Crippen LogP contribution in [0.1, 0.15) is 18.4 Å². The maximum absolute atomic E-state index is 11.9. The number of hydrogen-bond acceptors (Lipinski definition) is 4. The van der Waals surface area contributed by atoms with E-state index >= 15 is 0 Å². The molecule has 0 spiro atoms. The second-order valence-electron chi connectivity index (χ2n) is 5.33. The number of carbonyl (C=O) groups is 3. The van der Waals surface area contributed by atoms with E-state index in [0.717, 1.165) is 18.7 Å². The van der Waals surface area contributed by atoms with Gasteiger partial charge in [-0.25, -0.2) is 0 Å². The van der Waals surface area contributed by atoms with E-state index < -0.39 is 11.8 Å². The van der Waals surface area contributed by atoms with Crippen LogP contribution in [-0.2, 0) is 20.8 Å². The number of benzene rings is 1. The Morgan fingerprint density at radius 2 is 1.73 bits per heavy atom. The molecule has 1 aromatic carbocycles. The fourth-order valence-corrected chi connectivity index (χ4v) is 2.40. The highest BCUT2D eigenvalue weighted by Gasteiger charge is 2.24. The highest BCUT2D eigenvalue weighted by Crippen LogP contribution is 2.11. The summed E-state index contributed by atoms with van der Waals surface area (Å²) in [4.78, 5) is 35.2. The number of carbonyl (C=O) groups excluding carboxylic acids is 3. The Balaban J connectivity index is 1.70. The number of rotatable bonds is 4. The topological polar surface area (TPSA) is 87.3 Å². The molecule has 0 bridgehead atoms. The Morgan fingerprint density at radius 1 is 1.05 bits per heavy atom. The normalized spacial score (nSPS) is 15.1. The minimum absolute atomic E-state index is 0.192. The SMILES string of the molecule is O=C(NCCc1ccccc1)C(=O)NC(=O)C1CCNCC1. The van der Waals surface area contributed by atoms with Crippen molar-refractivity contribution in [1.29, 1.82) is 0 Å². The zero-order valence-electron chi connectivity index (χ0n) is 12.4. The van der Waals surface area contributed by atoms with Gasteiger partial charge in [-0.15, -0.1) is 0 Å². The fourth-order valence-electron chi connectivity index (χ4n) is 2.40. The summed E-state index contributed by atoms with van der Waals surface area (Å²) in [5.41, 5.74) is 1.08. The van der Waals surface area contributed by atoms with Crippen LogP contribution in [0.4, 0.5) is 0 Å². The van der Waals surface area contributed by atoms with E-state index in [9.17, 15) is 14.4 Å². The highest BCUT2D eigenvalue weighted by molar-refractivity contribution is 6.37. The standard InChI is InChI=1S/C16H21N3O3/c20-14(13-7-9-17-10-8-13)19-16(22)15(21)18-11-6-12-4-2-1-3-5-12/h1-5,13,17H,6-11H2,(H,18,21)(H,19,20,22). The van der Waals surface area contributed by atoms with Crippen LogP contribution in [-0.4, -0.2) is 37.4 Å². The number of amides is 3. The summed E-state index contributed by atoms with van der Waals surface area (Å²) < 4.78 is 0. The molecule has 118 valence electrons. The summed E-state index contributed by atoms with van der Waals surface area (Å²) in [5.74, 6) is -2.19. The summed E-state index contributed by atoms with van der Waals surface area (Å²) in [6.07, 6.45) is 2.02. The molecule has 1 aliphatic rings. The molecule has 6 heteroatoms. The number of imide groups is 1. The average Bonchev–Trinajstić information content (AvgIpc) is 2.56. The molecule has 3 amide bonds. The zero-order chi connectivity index (χ0) is 15.8. The molecule has 1 fully saturated rings. The molecule has 1 aromatic rings. The van der Waals surface area contributed by atoms with E-state index in [1.165, 1.54) is 0 Å². The van der Waals surface area contributed by atoms with Crippen LogP contribution < -0.4 is 16.0 Å². The van der Waals surface area contributed by atoms with Crippen molar-refractivity contribution in [2.45, 2.75) is 19.3 Å². The quantitative estimate of drug-likeness (QED) is 0.683. The van der Waals surface area contributed by atoms with Crippen LogP contribution in [0, 0.1) is 5.92 Å². The fraction of sp³-hybridized carbons (Fsp3) is 0.438. The lowest BCUT2D eigenvalue weighted by Gasteiger charge is -2.21. The van der Waals surface area contributed by atoms with Crippen LogP contribution in [0.15, 0.2) is 30.3 Å². The molecule has 0 radical (unpaired) electrons. The lowest BCUT2D eigenvalue weighted by Crippen LogP contribution is -2.46. The van der Waals surface area contributed by atoms with Crippen molar-refractivity contribution in [3.8, 4) is 0 Å². The molecule has 1 heterocycles. The minimum Gasteiger partial charge on any atom is -0.347 e. The molecule has 0 aliphatic carbocycles. The molecule has 1 saturated heterocycles.